The van der Waals surface area contributed by atoms with Crippen molar-refractivity contribution in [1.82, 2.24) is 14.9 Å². The van der Waals surface area contributed by atoms with Crippen molar-refractivity contribution in [1.29, 1.82) is 0 Å². The lowest BCUT2D eigenvalue weighted by atomic mass is 10.1. The number of nitrogens with zero attached hydrogens (tertiary/aromatic N) is 1. The van der Waals surface area contributed by atoms with Crippen molar-refractivity contribution >= 4 is 29.0 Å². The molecule has 0 saturated carbocycles. The Labute approximate surface area is 199 Å². The van der Waals surface area contributed by atoms with E-state index < -0.39 is 0 Å². The first-order valence-corrected chi connectivity index (χ1v) is 11.0. The third-order valence-corrected chi connectivity index (χ3v) is 5.96. The molecular formula is C25H21N3O5S. The van der Waals surface area contributed by atoms with Gasteiger partial charge in [-0.3, -0.25) is 14.2 Å². The molecule has 172 valence electrons. The number of nitrogens with one attached hydrogen (secondary N) is 2. The van der Waals surface area contributed by atoms with Gasteiger partial charge in [0.15, 0.2) is 16.3 Å². The Bertz CT molecular complexity index is 1510. The van der Waals surface area contributed by atoms with Crippen molar-refractivity contribution in [2.45, 2.75) is 13.1 Å². The Hall–Kier alpha value is -4.11. The van der Waals surface area contributed by atoms with Crippen LogP contribution in [-0.2, 0) is 13.1 Å². The summed E-state index contributed by atoms with van der Waals surface area (Å²) in [6.45, 7) is 0.851. The fourth-order valence-electron chi connectivity index (χ4n) is 3.79. The van der Waals surface area contributed by atoms with E-state index in [1.165, 1.54) is 4.57 Å². The number of rotatable bonds is 6. The minimum absolute atomic E-state index is 0.200. The summed E-state index contributed by atoms with van der Waals surface area (Å²) >= 11 is 5.44. The Kier molecular flexibility index (Phi) is 5.77. The lowest BCUT2D eigenvalue weighted by Crippen LogP contribution is -2.24. The first-order valence-electron chi connectivity index (χ1n) is 10.6. The highest BCUT2D eigenvalue weighted by Crippen LogP contribution is 2.32. The number of benzene rings is 3. The van der Waals surface area contributed by atoms with Crippen LogP contribution >= 0.6 is 12.2 Å². The number of aromatic nitrogens is 2. The summed E-state index contributed by atoms with van der Waals surface area (Å²) in [6.07, 6.45) is 0. The Morgan fingerprint density at radius 1 is 1.06 bits per heavy atom. The summed E-state index contributed by atoms with van der Waals surface area (Å²) in [5.41, 5.74) is 2.52. The molecule has 2 heterocycles. The highest BCUT2D eigenvalue weighted by Gasteiger charge is 2.14. The predicted molar refractivity (Wildman–Crippen MR) is 129 cm³/mol. The molecule has 1 aliphatic heterocycles. The van der Waals surface area contributed by atoms with E-state index in [9.17, 15) is 9.59 Å². The van der Waals surface area contributed by atoms with E-state index in [1.807, 2.05) is 42.5 Å². The lowest BCUT2D eigenvalue weighted by molar-refractivity contribution is 0.0951. The van der Waals surface area contributed by atoms with Gasteiger partial charge in [0, 0.05) is 12.1 Å². The standard InChI is InChI=1S/C25H21N3O5S/c1-31-18-6-2-15(3-7-18)13-28-24(30)19-8-5-17(11-20(19)27-25(28)34)23(29)26-12-16-4-9-21-22(10-16)33-14-32-21/h2-11H,12-14H2,1H3,(H,26,29)(H,27,34). The highest BCUT2D eigenvalue weighted by molar-refractivity contribution is 7.71. The average Bonchev–Trinajstić information content (AvgIpc) is 3.33. The molecule has 3 aromatic carbocycles. The number of hydrogen-bond donors (Lipinski definition) is 2. The van der Waals surface area contributed by atoms with Gasteiger partial charge in [-0.25, -0.2) is 0 Å². The van der Waals surface area contributed by atoms with Crippen molar-refractivity contribution in [3.8, 4) is 17.2 Å². The molecule has 0 fully saturated rings. The van der Waals surface area contributed by atoms with Crippen LogP contribution in [0.25, 0.3) is 10.9 Å². The predicted octanol–water partition coefficient (Wildman–Crippen LogP) is 3.77. The molecule has 1 amide bonds. The third-order valence-electron chi connectivity index (χ3n) is 5.63. The van der Waals surface area contributed by atoms with Crippen molar-refractivity contribution in [3.63, 3.8) is 0 Å². The van der Waals surface area contributed by atoms with Gasteiger partial charge >= 0.3 is 0 Å². The number of hydrogen-bond acceptors (Lipinski definition) is 6. The molecule has 1 aromatic heterocycles. The van der Waals surface area contributed by atoms with Crippen molar-refractivity contribution in [3.05, 3.63) is 92.5 Å². The zero-order chi connectivity index (χ0) is 23.7. The van der Waals surface area contributed by atoms with E-state index >= 15 is 0 Å². The van der Waals surface area contributed by atoms with Crippen LogP contribution in [-0.4, -0.2) is 29.4 Å². The Morgan fingerprint density at radius 2 is 1.82 bits per heavy atom. The van der Waals surface area contributed by atoms with Gasteiger partial charge in [-0.15, -0.1) is 0 Å². The SMILES string of the molecule is COc1ccc(Cn2c(=S)[nH]c3cc(C(=O)NCc4ccc5c(c4)OCO5)ccc3c2=O)cc1. The molecule has 5 rings (SSSR count). The molecule has 34 heavy (non-hydrogen) atoms. The van der Waals surface area contributed by atoms with Crippen LogP contribution in [0, 0.1) is 4.77 Å². The molecule has 2 N–H and O–H groups in total. The number of carbonyl (C=O) groups is 1. The molecule has 1 aliphatic rings. The maximum absolute atomic E-state index is 13.1. The molecule has 0 radical (unpaired) electrons. The van der Waals surface area contributed by atoms with Gasteiger partial charge < -0.3 is 24.5 Å². The molecule has 0 atom stereocenters. The minimum atomic E-state index is -0.263. The van der Waals surface area contributed by atoms with Crippen LogP contribution in [0.15, 0.2) is 65.5 Å². The van der Waals surface area contributed by atoms with Crippen LogP contribution < -0.4 is 25.1 Å². The minimum Gasteiger partial charge on any atom is -0.497 e. The molecule has 8 nitrogen and oxygen atoms in total. The van der Waals surface area contributed by atoms with Gasteiger partial charge in [0.2, 0.25) is 6.79 Å². The zero-order valence-corrected chi connectivity index (χ0v) is 19.1. The molecule has 4 aromatic rings. The first kappa shape index (κ1) is 21.7. The second-order valence-corrected chi connectivity index (χ2v) is 8.19. The van der Waals surface area contributed by atoms with Crippen LogP contribution in [0.3, 0.4) is 0 Å². The highest BCUT2D eigenvalue weighted by atomic mass is 32.1. The molecule has 0 bridgehead atoms. The van der Waals surface area contributed by atoms with Gasteiger partial charge in [0.1, 0.15) is 5.75 Å². The second-order valence-electron chi connectivity index (χ2n) is 7.80. The fraction of sp³-hybridized carbons (Fsp3) is 0.160. The lowest BCUT2D eigenvalue weighted by Gasteiger charge is -2.10. The van der Waals surface area contributed by atoms with E-state index in [0.717, 1.165) is 16.9 Å². The van der Waals surface area contributed by atoms with E-state index in [1.54, 1.807) is 25.3 Å². The molecule has 0 saturated heterocycles. The number of ether oxygens (including phenoxy) is 3. The third kappa shape index (κ3) is 4.25. The largest absolute Gasteiger partial charge is 0.497 e. The van der Waals surface area contributed by atoms with E-state index in [0.29, 0.717) is 41.1 Å². The number of H-pyrrole nitrogens is 1. The van der Waals surface area contributed by atoms with E-state index in [4.69, 9.17) is 26.4 Å². The number of methoxy groups -OCH3 is 1. The maximum Gasteiger partial charge on any atom is 0.262 e. The Balaban J connectivity index is 1.35. The normalized spacial score (nSPS) is 12.0. The van der Waals surface area contributed by atoms with E-state index in [-0.39, 0.29) is 23.0 Å². The molecule has 9 heteroatoms. The molecule has 0 aliphatic carbocycles. The van der Waals surface area contributed by atoms with Crippen molar-refractivity contribution in [2.75, 3.05) is 13.9 Å². The van der Waals surface area contributed by atoms with Crippen LogP contribution in [0.5, 0.6) is 17.2 Å². The fourth-order valence-corrected chi connectivity index (χ4v) is 4.05. The van der Waals surface area contributed by atoms with Crippen molar-refractivity contribution < 1.29 is 19.0 Å². The monoisotopic (exact) mass is 475 g/mol. The topological polar surface area (TPSA) is 94.6 Å². The molecule has 0 spiro atoms. The average molecular weight is 476 g/mol. The molecular weight excluding hydrogens is 454 g/mol. The first-order chi connectivity index (χ1) is 16.5. The van der Waals surface area contributed by atoms with E-state index in [2.05, 4.69) is 10.3 Å². The van der Waals surface area contributed by atoms with Gasteiger partial charge in [-0.1, -0.05) is 18.2 Å². The van der Waals surface area contributed by atoms with Crippen LogP contribution in [0.2, 0.25) is 0 Å². The summed E-state index contributed by atoms with van der Waals surface area (Å²) < 4.78 is 17.6. The Morgan fingerprint density at radius 3 is 2.62 bits per heavy atom. The molecule has 0 unspecified atom stereocenters. The maximum atomic E-state index is 13.1. The van der Waals surface area contributed by atoms with Crippen LogP contribution in [0.1, 0.15) is 21.5 Å². The number of fused-ring (bicyclic) bond motifs is 2. The summed E-state index contributed by atoms with van der Waals surface area (Å²) in [5.74, 6) is 1.83. The number of carbonyl (C=O) groups excluding carboxylic acids is 1. The second kappa shape index (κ2) is 9.03. The number of amides is 1. The van der Waals surface area contributed by atoms with Gasteiger partial charge in [-0.05, 0) is 65.8 Å². The van der Waals surface area contributed by atoms with Crippen LogP contribution in [0.4, 0.5) is 0 Å². The zero-order valence-electron chi connectivity index (χ0n) is 18.3. The summed E-state index contributed by atoms with van der Waals surface area (Å²) in [7, 11) is 1.60. The summed E-state index contributed by atoms with van der Waals surface area (Å²) in [6, 6.07) is 17.9. The summed E-state index contributed by atoms with van der Waals surface area (Å²) in [4.78, 5) is 28.9. The van der Waals surface area contributed by atoms with Gasteiger partial charge in [-0.2, -0.15) is 0 Å². The quantitative estimate of drug-likeness (QED) is 0.412. The van der Waals surface area contributed by atoms with Crippen molar-refractivity contribution in [2.24, 2.45) is 0 Å². The van der Waals surface area contributed by atoms with Gasteiger partial charge in [0.25, 0.3) is 11.5 Å². The van der Waals surface area contributed by atoms with Gasteiger partial charge in [0.05, 0.1) is 24.6 Å². The summed E-state index contributed by atoms with van der Waals surface area (Å²) in [5, 5.41) is 3.34. The smallest absolute Gasteiger partial charge is 0.262 e. The number of aromatic amines is 1.